The average molecular weight is 377 g/mol. The molecule has 0 saturated carbocycles. The Kier molecular flexibility index (Phi) is 4.63. The predicted octanol–water partition coefficient (Wildman–Crippen LogP) is 3.50. The Morgan fingerprint density at radius 1 is 1.20 bits per heavy atom. The van der Waals surface area contributed by atoms with Crippen LogP contribution in [0.2, 0.25) is 5.02 Å². The Morgan fingerprint density at radius 3 is 2.72 bits per heavy atom. The SMILES string of the molecule is Cc1noc(CSc2nnc(N3CCCC3)n2-c2ccccc2Cl)n1. The summed E-state index contributed by atoms with van der Waals surface area (Å²) >= 11 is 7.95. The molecule has 0 unspecified atom stereocenters. The van der Waals surface area contributed by atoms with Crippen LogP contribution in [-0.4, -0.2) is 38.0 Å². The summed E-state index contributed by atoms with van der Waals surface area (Å²) in [6.45, 7) is 3.77. The van der Waals surface area contributed by atoms with Gasteiger partial charge in [0.15, 0.2) is 11.0 Å². The van der Waals surface area contributed by atoms with Crippen molar-refractivity contribution in [2.75, 3.05) is 18.0 Å². The molecule has 0 radical (unpaired) electrons. The van der Waals surface area contributed by atoms with E-state index >= 15 is 0 Å². The molecule has 25 heavy (non-hydrogen) atoms. The van der Waals surface area contributed by atoms with Crippen molar-refractivity contribution >= 4 is 29.3 Å². The molecule has 4 rings (SSSR count). The highest BCUT2D eigenvalue weighted by Gasteiger charge is 2.23. The third-order valence-electron chi connectivity index (χ3n) is 3.99. The van der Waals surface area contributed by atoms with Crippen LogP contribution in [0.3, 0.4) is 0 Å². The van der Waals surface area contributed by atoms with Crippen LogP contribution >= 0.6 is 23.4 Å². The third-order valence-corrected chi connectivity index (χ3v) is 5.23. The molecule has 1 aliphatic rings. The van der Waals surface area contributed by atoms with E-state index in [2.05, 4.69) is 25.2 Å². The maximum Gasteiger partial charge on any atom is 0.237 e. The summed E-state index contributed by atoms with van der Waals surface area (Å²) in [5.41, 5.74) is 0.875. The van der Waals surface area contributed by atoms with Gasteiger partial charge in [-0.1, -0.05) is 40.7 Å². The highest BCUT2D eigenvalue weighted by Crippen LogP contribution is 2.32. The number of para-hydroxylation sites is 1. The number of anilines is 1. The second-order valence-electron chi connectivity index (χ2n) is 5.79. The molecule has 0 amide bonds. The number of rotatable bonds is 5. The number of aromatic nitrogens is 5. The second kappa shape index (κ2) is 7.05. The Balaban J connectivity index is 1.69. The quantitative estimate of drug-likeness (QED) is 0.631. The second-order valence-corrected chi connectivity index (χ2v) is 7.14. The lowest BCUT2D eigenvalue weighted by atomic mass is 10.3. The van der Waals surface area contributed by atoms with E-state index in [0.29, 0.717) is 22.5 Å². The van der Waals surface area contributed by atoms with Gasteiger partial charge in [0.05, 0.1) is 16.5 Å². The Morgan fingerprint density at radius 2 is 2.00 bits per heavy atom. The van der Waals surface area contributed by atoms with Gasteiger partial charge in [0.2, 0.25) is 11.8 Å². The van der Waals surface area contributed by atoms with Gasteiger partial charge in [0, 0.05) is 13.1 Å². The number of nitrogens with zero attached hydrogens (tertiary/aromatic N) is 6. The lowest BCUT2D eigenvalue weighted by Crippen LogP contribution is -2.22. The summed E-state index contributed by atoms with van der Waals surface area (Å²) in [5, 5.41) is 14.1. The summed E-state index contributed by atoms with van der Waals surface area (Å²) in [6.07, 6.45) is 2.33. The van der Waals surface area contributed by atoms with Crippen molar-refractivity contribution in [3.63, 3.8) is 0 Å². The number of hydrogen-bond donors (Lipinski definition) is 0. The van der Waals surface area contributed by atoms with Crippen molar-refractivity contribution < 1.29 is 4.52 Å². The van der Waals surface area contributed by atoms with E-state index in [9.17, 15) is 0 Å². The summed E-state index contributed by atoms with van der Waals surface area (Å²) in [5.74, 6) is 2.55. The highest BCUT2D eigenvalue weighted by atomic mass is 35.5. The average Bonchev–Trinajstić information content (AvgIpc) is 3.33. The molecule has 1 aromatic carbocycles. The zero-order valence-electron chi connectivity index (χ0n) is 13.7. The van der Waals surface area contributed by atoms with E-state index in [1.807, 2.05) is 28.8 Å². The van der Waals surface area contributed by atoms with Gasteiger partial charge in [-0.15, -0.1) is 10.2 Å². The van der Waals surface area contributed by atoms with Gasteiger partial charge >= 0.3 is 0 Å². The van der Waals surface area contributed by atoms with Gasteiger partial charge in [0.25, 0.3) is 0 Å². The van der Waals surface area contributed by atoms with E-state index in [0.717, 1.165) is 29.9 Å². The minimum Gasteiger partial charge on any atom is -0.341 e. The molecule has 1 saturated heterocycles. The topological polar surface area (TPSA) is 72.9 Å². The number of hydrogen-bond acceptors (Lipinski definition) is 7. The first-order valence-electron chi connectivity index (χ1n) is 8.09. The van der Waals surface area contributed by atoms with Gasteiger partial charge in [-0.05, 0) is 31.9 Å². The van der Waals surface area contributed by atoms with Gasteiger partial charge in [0.1, 0.15) is 0 Å². The molecule has 3 aromatic rings. The monoisotopic (exact) mass is 376 g/mol. The first-order chi connectivity index (χ1) is 12.2. The maximum absolute atomic E-state index is 6.44. The fraction of sp³-hybridized carbons (Fsp3) is 0.375. The fourth-order valence-corrected chi connectivity index (χ4v) is 3.84. The first kappa shape index (κ1) is 16.4. The zero-order chi connectivity index (χ0) is 17.2. The molecule has 3 heterocycles. The molecule has 0 spiro atoms. The van der Waals surface area contributed by atoms with E-state index < -0.39 is 0 Å². The summed E-state index contributed by atoms with van der Waals surface area (Å²) in [6, 6.07) is 7.73. The van der Waals surface area contributed by atoms with Crippen molar-refractivity contribution in [3.05, 3.63) is 41.0 Å². The molecule has 0 N–H and O–H groups in total. The Hall–Kier alpha value is -2.06. The molecular weight excluding hydrogens is 360 g/mol. The van der Waals surface area contributed by atoms with Crippen LogP contribution in [0.1, 0.15) is 24.6 Å². The summed E-state index contributed by atoms with van der Waals surface area (Å²) in [4.78, 5) is 6.48. The highest BCUT2D eigenvalue weighted by molar-refractivity contribution is 7.98. The van der Waals surface area contributed by atoms with Crippen LogP contribution in [0.5, 0.6) is 0 Å². The van der Waals surface area contributed by atoms with Crippen molar-refractivity contribution in [2.24, 2.45) is 0 Å². The number of thioether (sulfide) groups is 1. The third kappa shape index (κ3) is 3.36. The molecule has 1 aliphatic heterocycles. The predicted molar refractivity (Wildman–Crippen MR) is 96.4 cm³/mol. The molecular formula is C16H17ClN6OS. The zero-order valence-corrected chi connectivity index (χ0v) is 15.3. The van der Waals surface area contributed by atoms with Crippen LogP contribution in [0.25, 0.3) is 5.69 Å². The van der Waals surface area contributed by atoms with Crippen LogP contribution in [-0.2, 0) is 5.75 Å². The summed E-state index contributed by atoms with van der Waals surface area (Å²) in [7, 11) is 0. The van der Waals surface area contributed by atoms with Crippen molar-refractivity contribution in [1.29, 1.82) is 0 Å². The van der Waals surface area contributed by atoms with Crippen molar-refractivity contribution in [1.82, 2.24) is 24.9 Å². The van der Waals surface area contributed by atoms with Crippen molar-refractivity contribution in [2.45, 2.75) is 30.7 Å². The smallest absolute Gasteiger partial charge is 0.237 e. The normalized spacial score (nSPS) is 14.4. The molecule has 0 bridgehead atoms. The number of benzene rings is 1. The minimum atomic E-state index is 0.531. The van der Waals surface area contributed by atoms with E-state index in [1.165, 1.54) is 24.6 Å². The molecule has 0 aliphatic carbocycles. The van der Waals surface area contributed by atoms with Gasteiger partial charge in [-0.25, -0.2) is 0 Å². The van der Waals surface area contributed by atoms with E-state index in [4.69, 9.17) is 16.1 Å². The van der Waals surface area contributed by atoms with E-state index in [1.54, 1.807) is 6.92 Å². The Labute approximate surface area is 154 Å². The number of halogens is 1. The number of aryl methyl sites for hydroxylation is 1. The standard InChI is InChI=1S/C16H17ClN6OS/c1-11-18-14(24-21-11)10-25-16-20-19-15(22-8-4-5-9-22)23(16)13-7-3-2-6-12(13)17/h2-3,6-7H,4-5,8-10H2,1H3. The molecule has 1 fully saturated rings. The van der Waals surface area contributed by atoms with E-state index in [-0.39, 0.29) is 0 Å². The van der Waals surface area contributed by atoms with Crippen LogP contribution in [0.15, 0.2) is 33.9 Å². The fourth-order valence-electron chi connectivity index (χ4n) is 2.85. The van der Waals surface area contributed by atoms with Crippen LogP contribution in [0.4, 0.5) is 5.95 Å². The lowest BCUT2D eigenvalue weighted by Gasteiger charge is -2.18. The van der Waals surface area contributed by atoms with Gasteiger partial charge in [-0.2, -0.15) is 4.98 Å². The minimum absolute atomic E-state index is 0.531. The maximum atomic E-state index is 6.44. The molecule has 9 heteroatoms. The largest absolute Gasteiger partial charge is 0.341 e. The van der Waals surface area contributed by atoms with Crippen LogP contribution in [0, 0.1) is 6.92 Å². The van der Waals surface area contributed by atoms with Crippen molar-refractivity contribution in [3.8, 4) is 5.69 Å². The lowest BCUT2D eigenvalue weighted by molar-refractivity contribution is 0.387. The molecule has 7 nitrogen and oxygen atoms in total. The molecule has 0 atom stereocenters. The first-order valence-corrected chi connectivity index (χ1v) is 9.46. The Bertz CT molecular complexity index is 873. The molecule has 2 aromatic heterocycles. The summed E-state index contributed by atoms with van der Waals surface area (Å²) < 4.78 is 7.20. The van der Waals surface area contributed by atoms with Crippen LogP contribution < -0.4 is 4.90 Å². The molecule has 130 valence electrons. The van der Waals surface area contributed by atoms with Gasteiger partial charge in [-0.3, -0.25) is 4.57 Å². The van der Waals surface area contributed by atoms with Gasteiger partial charge < -0.3 is 9.42 Å².